The Morgan fingerprint density at radius 1 is 1.19 bits per heavy atom. The summed E-state index contributed by atoms with van der Waals surface area (Å²) in [4.78, 5) is 29.5. The average molecular weight is 495 g/mol. The van der Waals surface area contributed by atoms with Crippen molar-refractivity contribution in [3.05, 3.63) is 66.2 Å². The van der Waals surface area contributed by atoms with Crippen molar-refractivity contribution in [2.45, 2.75) is 45.0 Å². The van der Waals surface area contributed by atoms with Gasteiger partial charge in [0.1, 0.15) is 23.8 Å². The van der Waals surface area contributed by atoms with E-state index in [4.69, 9.17) is 18.0 Å². The number of carbonyl (C=O) groups is 2. The van der Waals surface area contributed by atoms with Gasteiger partial charge in [0.2, 0.25) is 11.7 Å². The topological polar surface area (TPSA) is 142 Å². The molecule has 1 aliphatic rings. The Labute approximate surface area is 206 Å². The third kappa shape index (κ3) is 5.38. The molecule has 0 radical (unpaired) electrons. The maximum atomic E-state index is 13.6. The van der Waals surface area contributed by atoms with Crippen LogP contribution in [0.1, 0.15) is 36.2 Å². The number of nitrogens with zero attached hydrogens (tertiary/aromatic N) is 5. The Kier molecular flexibility index (Phi) is 6.94. The fourth-order valence-electron chi connectivity index (χ4n) is 4.06. The molecule has 12 heteroatoms. The van der Waals surface area contributed by atoms with Gasteiger partial charge in [-0.2, -0.15) is 4.80 Å². The molecule has 5 rings (SSSR count). The van der Waals surface area contributed by atoms with E-state index in [1.54, 1.807) is 36.4 Å². The van der Waals surface area contributed by atoms with E-state index in [2.05, 4.69) is 20.7 Å². The van der Waals surface area contributed by atoms with Gasteiger partial charge in [0.05, 0.1) is 25.2 Å². The summed E-state index contributed by atoms with van der Waals surface area (Å²) in [5.41, 5.74) is 0. The number of aromatic nitrogens is 4. The third-order valence-electron chi connectivity index (χ3n) is 5.82. The Morgan fingerprint density at radius 2 is 2.06 bits per heavy atom. The Hall–Kier alpha value is -4.19. The molecule has 0 bridgehead atoms. The first-order valence-electron chi connectivity index (χ1n) is 11.7. The van der Waals surface area contributed by atoms with E-state index in [1.165, 1.54) is 17.4 Å². The second-order valence-corrected chi connectivity index (χ2v) is 8.45. The summed E-state index contributed by atoms with van der Waals surface area (Å²) in [6.45, 7) is 2.60. The molecule has 2 unspecified atom stereocenters. The molecule has 0 aliphatic carbocycles. The molecule has 0 saturated carbocycles. The van der Waals surface area contributed by atoms with Crippen LogP contribution in [-0.4, -0.2) is 56.2 Å². The van der Waals surface area contributed by atoms with Crippen LogP contribution in [0.25, 0.3) is 11.6 Å². The van der Waals surface area contributed by atoms with E-state index in [0.29, 0.717) is 36.2 Å². The molecule has 0 spiro atoms. The Balaban J connectivity index is 1.38. The number of aryl methyl sites for hydroxylation is 1. The van der Waals surface area contributed by atoms with Gasteiger partial charge in [-0.25, -0.2) is 0 Å². The van der Waals surface area contributed by atoms with Crippen LogP contribution in [-0.2, 0) is 27.4 Å². The molecule has 36 heavy (non-hydrogen) atoms. The quantitative estimate of drug-likeness (QED) is 0.352. The number of hydrogen-bond acceptors (Lipinski definition) is 9. The predicted octanol–water partition coefficient (Wildman–Crippen LogP) is 2.49. The van der Waals surface area contributed by atoms with Gasteiger partial charge < -0.3 is 28.2 Å². The molecule has 2 amide bonds. The van der Waals surface area contributed by atoms with E-state index >= 15 is 0 Å². The number of hydrogen-bond donors (Lipinski definition) is 1. The lowest BCUT2D eigenvalue weighted by molar-refractivity contribution is -0.143. The summed E-state index contributed by atoms with van der Waals surface area (Å²) in [5, 5.41) is 15.1. The van der Waals surface area contributed by atoms with Crippen molar-refractivity contribution in [2.75, 3.05) is 13.2 Å². The normalized spacial score (nSPS) is 16.2. The van der Waals surface area contributed by atoms with Crippen LogP contribution in [0.3, 0.4) is 0 Å². The van der Waals surface area contributed by atoms with Gasteiger partial charge in [-0.15, -0.1) is 10.2 Å². The molecule has 1 saturated heterocycles. The zero-order chi connectivity index (χ0) is 24.9. The summed E-state index contributed by atoms with van der Waals surface area (Å²) in [6, 6.07) is 9.24. The first kappa shape index (κ1) is 23.5. The highest BCUT2D eigenvalue weighted by molar-refractivity contribution is 5.88. The number of amides is 2. The molecular formula is C24H26N6O6. The van der Waals surface area contributed by atoms with E-state index in [9.17, 15) is 9.59 Å². The molecular weight excluding hydrogens is 468 g/mol. The summed E-state index contributed by atoms with van der Waals surface area (Å²) in [7, 11) is 0. The lowest BCUT2D eigenvalue weighted by Crippen LogP contribution is -2.46. The lowest BCUT2D eigenvalue weighted by Gasteiger charge is -2.29. The highest BCUT2D eigenvalue weighted by Gasteiger charge is 2.35. The highest BCUT2D eigenvalue weighted by Crippen LogP contribution is 2.25. The predicted molar refractivity (Wildman–Crippen MR) is 123 cm³/mol. The number of nitrogens with one attached hydrogen (secondary N) is 1. The first-order valence-corrected chi connectivity index (χ1v) is 11.7. The zero-order valence-corrected chi connectivity index (χ0v) is 19.7. The van der Waals surface area contributed by atoms with Crippen LogP contribution in [0.5, 0.6) is 0 Å². The Bertz CT molecular complexity index is 1270. The van der Waals surface area contributed by atoms with Gasteiger partial charge in [0, 0.05) is 13.2 Å². The second kappa shape index (κ2) is 10.6. The molecule has 4 aromatic rings. The SMILES string of the molecule is Cc1ccc(-c2nnn(CC(=O)N(Cc3ccco3)C(C(=O)NCC3CCCO3)c3ccco3)n2)o1. The number of ether oxygens (including phenoxy) is 1. The van der Waals surface area contributed by atoms with Gasteiger partial charge in [0.15, 0.2) is 11.8 Å². The van der Waals surface area contributed by atoms with Gasteiger partial charge >= 0.3 is 0 Å². The van der Waals surface area contributed by atoms with Crippen LogP contribution in [0.15, 0.2) is 62.2 Å². The van der Waals surface area contributed by atoms with Gasteiger partial charge in [0.25, 0.3) is 5.91 Å². The van der Waals surface area contributed by atoms with E-state index < -0.39 is 17.9 Å². The minimum atomic E-state index is -1.05. The van der Waals surface area contributed by atoms with Crippen LogP contribution in [0.2, 0.25) is 0 Å². The second-order valence-electron chi connectivity index (χ2n) is 8.45. The molecule has 1 aliphatic heterocycles. The van der Waals surface area contributed by atoms with Crippen molar-refractivity contribution in [3.8, 4) is 11.6 Å². The smallest absolute Gasteiger partial charge is 0.250 e. The van der Waals surface area contributed by atoms with E-state index in [0.717, 1.165) is 17.6 Å². The Morgan fingerprint density at radius 3 is 2.75 bits per heavy atom. The summed E-state index contributed by atoms with van der Waals surface area (Å²) in [5.74, 6) is 1.41. The number of rotatable bonds is 10. The lowest BCUT2D eigenvalue weighted by atomic mass is 10.1. The standard InChI is InChI=1S/C24H26N6O6/c1-16-8-9-20(36-16)23-26-28-30(27-23)15-21(31)29(14-18-6-3-11-34-18)22(19-7-4-12-35-19)24(32)25-13-17-5-2-10-33-17/h3-4,6-9,11-12,17,22H,2,5,10,13-15H2,1H3,(H,25,32). The molecule has 188 valence electrons. The fraction of sp³-hybridized carbons (Fsp3) is 0.375. The van der Waals surface area contributed by atoms with Crippen LogP contribution in [0.4, 0.5) is 0 Å². The molecule has 0 aromatic carbocycles. The first-order chi connectivity index (χ1) is 17.6. The van der Waals surface area contributed by atoms with Crippen molar-refractivity contribution < 1.29 is 27.6 Å². The van der Waals surface area contributed by atoms with Crippen molar-refractivity contribution in [1.82, 2.24) is 30.4 Å². The van der Waals surface area contributed by atoms with Crippen molar-refractivity contribution in [1.29, 1.82) is 0 Å². The third-order valence-corrected chi connectivity index (χ3v) is 5.82. The molecule has 4 aromatic heterocycles. The monoisotopic (exact) mass is 494 g/mol. The van der Waals surface area contributed by atoms with Gasteiger partial charge in [-0.3, -0.25) is 9.59 Å². The number of tetrazole rings is 1. The fourth-order valence-corrected chi connectivity index (χ4v) is 4.06. The highest BCUT2D eigenvalue weighted by atomic mass is 16.5. The summed E-state index contributed by atoms with van der Waals surface area (Å²) in [6.07, 6.45) is 4.74. The van der Waals surface area contributed by atoms with Gasteiger partial charge in [-0.05, 0) is 61.4 Å². The largest absolute Gasteiger partial charge is 0.467 e. The molecule has 1 fully saturated rings. The van der Waals surface area contributed by atoms with Crippen molar-refractivity contribution in [2.24, 2.45) is 0 Å². The molecule has 5 heterocycles. The number of furan rings is 3. The van der Waals surface area contributed by atoms with Crippen LogP contribution >= 0.6 is 0 Å². The van der Waals surface area contributed by atoms with Crippen molar-refractivity contribution >= 4 is 11.8 Å². The molecule has 2 atom stereocenters. The minimum Gasteiger partial charge on any atom is -0.467 e. The minimum absolute atomic E-state index is 0.0312. The molecule has 1 N–H and O–H groups in total. The maximum absolute atomic E-state index is 13.6. The van der Waals surface area contributed by atoms with Crippen molar-refractivity contribution in [3.63, 3.8) is 0 Å². The number of carbonyl (C=O) groups excluding carboxylic acids is 2. The van der Waals surface area contributed by atoms with Crippen LogP contribution < -0.4 is 5.32 Å². The van der Waals surface area contributed by atoms with E-state index in [-0.39, 0.29) is 25.0 Å². The van der Waals surface area contributed by atoms with Gasteiger partial charge in [-0.1, -0.05) is 0 Å². The summed E-state index contributed by atoms with van der Waals surface area (Å²) >= 11 is 0. The maximum Gasteiger partial charge on any atom is 0.250 e. The van der Waals surface area contributed by atoms with E-state index in [1.807, 2.05) is 6.92 Å². The molecule has 12 nitrogen and oxygen atoms in total. The summed E-state index contributed by atoms with van der Waals surface area (Å²) < 4.78 is 22.2. The average Bonchev–Trinajstić information content (AvgIpc) is 3.68. The zero-order valence-electron chi connectivity index (χ0n) is 19.7. The van der Waals surface area contributed by atoms with Crippen LogP contribution in [0, 0.1) is 6.92 Å².